The highest BCUT2D eigenvalue weighted by Gasteiger charge is 2.23. The van der Waals surface area contributed by atoms with Gasteiger partial charge in [0.1, 0.15) is 0 Å². The van der Waals surface area contributed by atoms with Crippen molar-refractivity contribution < 1.29 is 0 Å². The van der Waals surface area contributed by atoms with E-state index in [-0.39, 0.29) is 0 Å². The number of halogens is 1. The first-order valence-electron chi connectivity index (χ1n) is 14.7. The zero-order chi connectivity index (χ0) is 28.5. The Morgan fingerprint density at radius 1 is 0.279 bits per heavy atom. The Balaban J connectivity index is 1.58. The van der Waals surface area contributed by atoms with Crippen molar-refractivity contribution in [1.82, 2.24) is 0 Å². The molecule has 1 heteroatoms. The van der Waals surface area contributed by atoms with Crippen molar-refractivity contribution >= 4 is 76.2 Å². The Labute approximate surface area is 254 Å². The van der Waals surface area contributed by atoms with Crippen LogP contribution in [0.25, 0.3) is 86.9 Å². The van der Waals surface area contributed by atoms with Crippen LogP contribution in [0.3, 0.4) is 0 Å². The monoisotopic (exact) mass is 564 g/mol. The number of hydrogen-bond donors (Lipinski definition) is 0. The topological polar surface area (TPSA) is 0 Å². The van der Waals surface area contributed by atoms with Crippen LogP contribution in [0, 0.1) is 0 Å². The van der Waals surface area contributed by atoms with Crippen molar-refractivity contribution in [2.24, 2.45) is 0 Å². The lowest BCUT2D eigenvalue weighted by atomic mass is 9.81. The van der Waals surface area contributed by atoms with E-state index in [1.807, 2.05) is 6.07 Å². The number of benzene rings is 9. The lowest BCUT2D eigenvalue weighted by molar-refractivity contribution is 1.71. The smallest absolute Gasteiger partial charge is 0.0491 e. The van der Waals surface area contributed by atoms with Crippen LogP contribution in [0.15, 0.2) is 152 Å². The molecule has 0 N–H and O–H groups in total. The minimum absolute atomic E-state index is 0.765. The lowest BCUT2D eigenvalue weighted by Crippen LogP contribution is -1.95. The summed E-state index contributed by atoms with van der Waals surface area (Å²) in [4.78, 5) is 0. The summed E-state index contributed by atoms with van der Waals surface area (Å²) in [6.07, 6.45) is 0. The number of hydrogen-bond acceptors (Lipinski definition) is 0. The van der Waals surface area contributed by atoms with Crippen molar-refractivity contribution in [3.05, 3.63) is 157 Å². The summed E-state index contributed by atoms with van der Waals surface area (Å²) in [5.41, 5.74) is 4.91. The van der Waals surface area contributed by atoms with Crippen LogP contribution in [0.2, 0.25) is 5.02 Å². The molecule has 0 aliphatic carbocycles. The predicted molar refractivity (Wildman–Crippen MR) is 187 cm³/mol. The van der Waals surface area contributed by atoms with Crippen molar-refractivity contribution in [3.8, 4) is 22.3 Å². The number of rotatable bonds is 2. The minimum atomic E-state index is 0.765. The molecule has 0 amide bonds. The third-order valence-electron chi connectivity index (χ3n) is 9.04. The maximum atomic E-state index is 7.31. The molecule has 0 aliphatic heterocycles. The highest BCUT2D eigenvalue weighted by atomic mass is 35.5. The van der Waals surface area contributed by atoms with Crippen LogP contribution in [-0.4, -0.2) is 0 Å². The summed E-state index contributed by atoms with van der Waals surface area (Å²) in [6, 6.07) is 54.9. The average Bonchev–Trinajstić information content (AvgIpc) is 3.06. The van der Waals surface area contributed by atoms with Crippen molar-refractivity contribution in [1.29, 1.82) is 0 Å². The fraction of sp³-hybridized carbons (Fsp3) is 0. The Bertz CT molecular complexity index is 2470. The van der Waals surface area contributed by atoms with E-state index in [0.29, 0.717) is 0 Å². The molecule has 43 heavy (non-hydrogen) atoms. The van der Waals surface area contributed by atoms with Gasteiger partial charge in [0.2, 0.25) is 0 Å². The van der Waals surface area contributed by atoms with E-state index < -0.39 is 0 Å². The molecule has 0 bridgehead atoms. The average molecular weight is 565 g/mol. The lowest BCUT2D eigenvalue weighted by Gasteiger charge is -2.22. The van der Waals surface area contributed by atoms with Gasteiger partial charge in [-0.2, -0.15) is 0 Å². The molecule has 0 aliphatic rings. The Morgan fingerprint density at radius 2 is 0.605 bits per heavy atom. The van der Waals surface area contributed by atoms with Crippen molar-refractivity contribution in [2.45, 2.75) is 0 Å². The van der Waals surface area contributed by atoms with Gasteiger partial charge >= 0.3 is 0 Å². The molecule has 0 nitrogen and oxygen atoms in total. The third kappa shape index (κ3) is 3.57. The van der Waals surface area contributed by atoms with Gasteiger partial charge in [-0.25, -0.2) is 0 Å². The standard InChI is InChI=1S/C42H25Cl/c43-37-23-11-22-36-40(38-30-16-5-1-12-26(30)24-27-13-2-6-17-31(27)38)34-20-9-10-21-35(34)42(41(36)37)39-32-18-7-3-14-28(32)25-29-15-4-8-19-33(29)39/h1-25H. The fourth-order valence-electron chi connectivity index (χ4n) is 7.28. The van der Waals surface area contributed by atoms with Gasteiger partial charge in [0.25, 0.3) is 0 Å². The van der Waals surface area contributed by atoms with Crippen LogP contribution >= 0.6 is 11.6 Å². The summed E-state index contributed by atoms with van der Waals surface area (Å²) < 4.78 is 0. The second-order valence-corrected chi connectivity index (χ2v) is 11.8. The highest BCUT2D eigenvalue weighted by molar-refractivity contribution is 6.41. The Morgan fingerprint density at radius 3 is 1.07 bits per heavy atom. The van der Waals surface area contributed by atoms with Crippen LogP contribution in [0.5, 0.6) is 0 Å². The molecule has 0 saturated carbocycles. The van der Waals surface area contributed by atoms with Gasteiger partial charge in [-0.05, 0) is 94.1 Å². The van der Waals surface area contributed by atoms with Gasteiger partial charge in [0.15, 0.2) is 0 Å². The van der Waals surface area contributed by atoms with Crippen molar-refractivity contribution in [3.63, 3.8) is 0 Å². The van der Waals surface area contributed by atoms with E-state index in [2.05, 4.69) is 146 Å². The first-order valence-corrected chi connectivity index (χ1v) is 15.1. The second kappa shape index (κ2) is 9.42. The molecule has 9 rings (SSSR count). The zero-order valence-corrected chi connectivity index (χ0v) is 24.1. The normalized spacial score (nSPS) is 11.8. The molecular formula is C42H25Cl. The molecule has 0 spiro atoms. The SMILES string of the molecule is Clc1cccc2c(-c3c4ccccc4cc4ccccc34)c3ccccc3c(-c3c4ccccc4cc4ccccc34)c12. The van der Waals surface area contributed by atoms with Gasteiger partial charge in [-0.1, -0.05) is 145 Å². The zero-order valence-electron chi connectivity index (χ0n) is 23.3. The predicted octanol–water partition coefficient (Wildman–Crippen LogP) is 12.6. The summed E-state index contributed by atoms with van der Waals surface area (Å²) in [5, 5.41) is 15.3. The first-order chi connectivity index (χ1) is 21.3. The summed E-state index contributed by atoms with van der Waals surface area (Å²) in [5.74, 6) is 0. The molecule has 9 aromatic rings. The van der Waals surface area contributed by atoms with E-state index >= 15 is 0 Å². The summed E-state index contributed by atoms with van der Waals surface area (Å²) in [6.45, 7) is 0. The number of fused-ring (bicyclic) bond motifs is 6. The molecule has 0 fully saturated rings. The molecule has 0 unspecified atom stereocenters. The van der Waals surface area contributed by atoms with Gasteiger partial charge in [-0.15, -0.1) is 0 Å². The maximum Gasteiger partial charge on any atom is 0.0491 e. The van der Waals surface area contributed by atoms with E-state index in [1.165, 1.54) is 81.5 Å². The molecule has 0 atom stereocenters. The van der Waals surface area contributed by atoms with Gasteiger partial charge in [0.05, 0.1) is 0 Å². The molecular weight excluding hydrogens is 540 g/mol. The van der Waals surface area contributed by atoms with Crippen molar-refractivity contribution in [2.75, 3.05) is 0 Å². The molecule has 0 radical (unpaired) electrons. The van der Waals surface area contributed by atoms with Crippen LogP contribution in [0.1, 0.15) is 0 Å². The molecule has 0 heterocycles. The van der Waals surface area contributed by atoms with E-state index in [4.69, 9.17) is 11.6 Å². The first kappa shape index (κ1) is 24.4. The van der Waals surface area contributed by atoms with E-state index in [0.717, 1.165) is 10.4 Å². The minimum Gasteiger partial charge on any atom is -0.0836 e. The summed E-state index contributed by atoms with van der Waals surface area (Å²) in [7, 11) is 0. The largest absolute Gasteiger partial charge is 0.0836 e. The van der Waals surface area contributed by atoms with Gasteiger partial charge in [-0.3, -0.25) is 0 Å². The molecule has 9 aromatic carbocycles. The molecule has 0 saturated heterocycles. The van der Waals surface area contributed by atoms with E-state index in [9.17, 15) is 0 Å². The van der Waals surface area contributed by atoms with Gasteiger partial charge < -0.3 is 0 Å². The fourth-order valence-corrected chi connectivity index (χ4v) is 7.55. The van der Waals surface area contributed by atoms with E-state index in [1.54, 1.807) is 0 Å². The van der Waals surface area contributed by atoms with Crippen LogP contribution in [0.4, 0.5) is 0 Å². The maximum absolute atomic E-state index is 7.31. The third-order valence-corrected chi connectivity index (χ3v) is 9.36. The van der Waals surface area contributed by atoms with Gasteiger partial charge in [0, 0.05) is 16.0 Å². The Kier molecular flexibility index (Phi) is 5.35. The second-order valence-electron chi connectivity index (χ2n) is 11.3. The van der Waals surface area contributed by atoms with Crippen LogP contribution < -0.4 is 0 Å². The molecule has 0 aromatic heterocycles. The Hall–Kier alpha value is -5.17. The highest BCUT2D eigenvalue weighted by Crippen LogP contribution is 2.51. The van der Waals surface area contributed by atoms with Crippen LogP contribution in [-0.2, 0) is 0 Å². The quantitative estimate of drug-likeness (QED) is 0.183. The summed E-state index contributed by atoms with van der Waals surface area (Å²) >= 11 is 7.31. The molecule has 200 valence electrons.